The van der Waals surface area contributed by atoms with Gasteiger partial charge in [0.1, 0.15) is 5.60 Å². The summed E-state index contributed by atoms with van der Waals surface area (Å²) in [5, 5.41) is 4.73. The number of anilines is 2. The number of fused-ring (bicyclic) bond motifs is 3. The molecule has 2 N–H and O–H groups in total. The normalized spacial score (nSPS) is 17.3. The van der Waals surface area contributed by atoms with Crippen LogP contribution in [-0.2, 0) is 11.3 Å². The van der Waals surface area contributed by atoms with Gasteiger partial charge < -0.3 is 20.3 Å². The zero-order valence-corrected chi connectivity index (χ0v) is 17.1. The van der Waals surface area contributed by atoms with Gasteiger partial charge in [-0.2, -0.15) is 5.10 Å². The second-order valence-corrected chi connectivity index (χ2v) is 8.75. The van der Waals surface area contributed by atoms with Gasteiger partial charge in [-0.3, -0.25) is 4.68 Å². The van der Waals surface area contributed by atoms with Crippen molar-refractivity contribution in [2.24, 2.45) is 0 Å². The second-order valence-electron chi connectivity index (χ2n) is 8.75. The quantitative estimate of drug-likeness (QED) is 0.761. The third kappa shape index (κ3) is 3.30. The van der Waals surface area contributed by atoms with Crippen molar-refractivity contribution >= 4 is 17.5 Å². The minimum Gasteiger partial charge on any atom is -0.444 e. The molecule has 0 bridgehead atoms. The molecule has 150 valence electrons. The highest BCUT2D eigenvalue weighted by molar-refractivity contribution is 5.89. The van der Waals surface area contributed by atoms with E-state index in [2.05, 4.69) is 22.7 Å². The minimum absolute atomic E-state index is 0.224. The third-order valence-corrected chi connectivity index (χ3v) is 5.49. The first-order chi connectivity index (χ1) is 13.2. The van der Waals surface area contributed by atoms with Crippen molar-refractivity contribution in [2.75, 3.05) is 30.8 Å². The van der Waals surface area contributed by atoms with Crippen LogP contribution in [0.1, 0.15) is 45.3 Å². The zero-order valence-electron chi connectivity index (χ0n) is 17.1. The van der Waals surface area contributed by atoms with Crippen LogP contribution in [0.3, 0.4) is 0 Å². The number of nitrogens with zero attached hydrogens (tertiary/aromatic N) is 4. The molecule has 1 fully saturated rings. The monoisotopic (exact) mass is 383 g/mol. The Balaban J connectivity index is 1.52. The fraction of sp³-hybridized carbons (Fsp3) is 0.524. The number of hydrogen-bond acceptors (Lipinski definition) is 5. The first-order valence-electron chi connectivity index (χ1n) is 9.89. The van der Waals surface area contributed by atoms with Gasteiger partial charge in [0.15, 0.2) is 0 Å². The van der Waals surface area contributed by atoms with Gasteiger partial charge in [-0.1, -0.05) is 12.1 Å². The molecule has 3 heterocycles. The fourth-order valence-corrected chi connectivity index (χ4v) is 4.21. The summed E-state index contributed by atoms with van der Waals surface area (Å²) in [5.41, 5.74) is 11.1. The summed E-state index contributed by atoms with van der Waals surface area (Å²) in [4.78, 5) is 16.3. The van der Waals surface area contributed by atoms with Crippen LogP contribution in [0.5, 0.6) is 0 Å². The van der Waals surface area contributed by atoms with E-state index in [0.717, 1.165) is 41.9 Å². The molecule has 1 aromatic carbocycles. The standard InChI is InChI=1S/C21H29N5O2/c1-21(2,3)28-20(27)25-10-8-14(9-11-25)26-18-13-24(4)19-15(16(18)12-23-26)6-5-7-17(19)22/h5-7,12,14H,8-11,13,22H2,1-4H3. The van der Waals surface area contributed by atoms with E-state index in [1.165, 1.54) is 5.69 Å². The zero-order chi connectivity index (χ0) is 20.1. The second kappa shape index (κ2) is 6.72. The Bertz CT molecular complexity index is 891. The van der Waals surface area contributed by atoms with Gasteiger partial charge in [-0.15, -0.1) is 0 Å². The molecule has 1 amide bonds. The van der Waals surface area contributed by atoms with Crippen molar-refractivity contribution in [3.8, 4) is 11.1 Å². The summed E-state index contributed by atoms with van der Waals surface area (Å²) in [6.45, 7) is 7.85. The lowest BCUT2D eigenvalue weighted by atomic mass is 9.97. The fourth-order valence-electron chi connectivity index (χ4n) is 4.21. The number of benzene rings is 1. The number of aromatic nitrogens is 2. The van der Waals surface area contributed by atoms with Crippen molar-refractivity contribution in [2.45, 2.75) is 51.8 Å². The van der Waals surface area contributed by atoms with Crippen molar-refractivity contribution in [3.63, 3.8) is 0 Å². The summed E-state index contributed by atoms with van der Waals surface area (Å²) in [6, 6.07) is 6.33. The van der Waals surface area contributed by atoms with Gasteiger partial charge in [0.25, 0.3) is 0 Å². The number of nitrogens with two attached hydrogens (primary N) is 1. The van der Waals surface area contributed by atoms with Crippen LogP contribution in [0, 0.1) is 0 Å². The highest BCUT2D eigenvalue weighted by Gasteiger charge is 2.31. The molecule has 2 aromatic rings. The predicted octanol–water partition coefficient (Wildman–Crippen LogP) is 3.65. The van der Waals surface area contributed by atoms with E-state index in [9.17, 15) is 4.79 Å². The predicted molar refractivity (Wildman–Crippen MR) is 110 cm³/mol. The minimum atomic E-state index is -0.463. The Labute approximate surface area is 166 Å². The topological polar surface area (TPSA) is 76.6 Å². The molecule has 0 saturated carbocycles. The number of nitrogen functional groups attached to an aromatic ring is 1. The number of amides is 1. The van der Waals surface area contributed by atoms with Gasteiger partial charge in [0.2, 0.25) is 0 Å². The Morgan fingerprint density at radius 3 is 2.61 bits per heavy atom. The summed E-state index contributed by atoms with van der Waals surface area (Å²) in [5.74, 6) is 0. The maximum absolute atomic E-state index is 12.3. The van der Waals surface area contributed by atoms with Crippen LogP contribution in [0.15, 0.2) is 24.4 Å². The van der Waals surface area contributed by atoms with Crippen LogP contribution in [0.4, 0.5) is 16.2 Å². The molecule has 2 aliphatic heterocycles. The number of ether oxygens (including phenoxy) is 1. The number of carbonyl (C=O) groups is 1. The molecule has 7 nitrogen and oxygen atoms in total. The molecule has 4 rings (SSSR count). The summed E-state index contributed by atoms with van der Waals surface area (Å²) < 4.78 is 7.66. The molecule has 0 radical (unpaired) electrons. The van der Waals surface area contributed by atoms with Gasteiger partial charge in [0, 0.05) is 31.3 Å². The van der Waals surface area contributed by atoms with Gasteiger partial charge in [-0.05, 0) is 39.7 Å². The van der Waals surface area contributed by atoms with Crippen LogP contribution < -0.4 is 10.6 Å². The molecule has 1 saturated heterocycles. The third-order valence-electron chi connectivity index (χ3n) is 5.49. The Hall–Kier alpha value is -2.70. The number of piperidine rings is 1. The van der Waals surface area contributed by atoms with E-state index in [1.54, 1.807) is 4.90 Å². The molecule has 2 aliphatic rings. The molecular formula is C21H29N5O2. The largest absolute Gasteiger partial charge is 0.444 e. The SMILES string of the molecule is CN1Cc2c(cnn2C2CCN(C(=O)OC(C)(C)C)CC2)-c2cccc(N)c21. The summed E-state index contributed by atoms with van der Waals surface area (Å²) in [6.07, 6.45) is 3.49. The molecule has 0 aliphatic carbocycles. The molecular weight excluding hydrogens is 354 g/mol. The average molecular weight is 383 g/mol. The van der Waals surface area contributed by atoms with E-state index < -0.39 is 5.60 Å². The van der Waals surface area contributed by atoms with Crippen molar-refractivity contribution in [3.05, 3.63) is 30.1 Å². The Morgan fingerprint density at radius 1 is 1.21 bits per heavy atom. The Morgan fingerprint density at radius 2 is 1.93 bits per heavy atom. The lowest BCUT2D eigenvalue weighted by Gasteiger charge is -2.35. The van der Waals surface area contributed by atoms with E-state index in [4.69, 9.17) is 15.6 Å². The van der Waals surface area contributed by atoms with Crippen molar-refractivity contribution in [1.82, 2.24) is 14.7 Å². The van der Waals surface area contributed by atoms with Gasteiger partial charge >= 0.3 is 6.09 Å². The van der Waals surface area contributed by atoms with Crippen molar-refractivity contribution in [1.29, 1.82) is 0 Å². The smallest absolute Gasteiger partial charge is 0.410 e. The van der Waals surface area contributed by atoms with E-state index >= 15 is 0 Å². The number of para-hydroxylation sites is 1. The highest BCUT2D eigenvalue weighted by Crippen LogP contribution is 2.42. The first kappa shape index (κ1) is 18.7. The number of likely N-dealkylation sites (tertiary alicyclic amines) is 1. The molecule has 7 heteroatoms. The van der Waals surface area contributed by atoms with E-state index in [1.807, 2.05) is 39.1 Å². The van der Waals surface area contributed by atoms with E-state index in [-0.39, 0.29) is 6.09 Å². The molecule has 28 heavy (non-hydrogen) atoms. The maximum atomic E-state index is 12.3. The van der Waals surface area contributed by atoms with Crippen molar-refractivity contribution < 1.29 is 9.53 Å². The molecule has 0 atom stereocenters. The lowest BCUT2D eigenvalue weighted by molar-refractivity contribution is 0.0184. The van der Waals surface area contributed by atoms with E-state index in [0.29, 0.717) is 19.1 Å². The molecule has 1 aromatic heterocycles. The summed E-state index contributed by atoms with van der Waals surface area (Å²) >= 11 is 0. The lowest BCUT2D eigenvalue weighted by Crippen LogP contribution is -2.42. The van der Waals surface area contributed by atoms with Gasteiger partial charge in [0.05, 0.1) is 35.9 Å². The molecule has 0 unspecified atom stereocenters. The van der Waals surface area contributed by atoms with Gasteiger partial charge in [-0.25, -0.2) is 4.79 Å². The molecule has 0 spiro atoms. The van der Waals surface area contributed by atoms with Crippen LogP contribution in [0.2, 0.25) is 0 Å². The number of carbonyl (C=O) groups excluding carboxylic acids is 1. The van der Waals surface area contributed by atoms with Crippen LogP contribution in [0.25, 0.3) is 11.1 Å². The number of rotatable bonds is 1. The van der Waals surface area contributed by atoms with Crippen LogP contribution >= 0.6 is 0 Å². The average Bonchev–Trinajstić information content (AvgIpc) is 3.04. The maximum Gasteiger partial charge on any atom is 0.410 e. The number of hydrogen-bond donors (Lipinski definition) is 1. The first-order valence-corrected chi connectivity index (χ1v) is 9.89. The highest BCUT2D eigenvalue weighted by atomic mass is 16.6. The van der Waals surface area contributed by atoms with Crippen LogP contribution in [-0.4, -0.2) is 46.5 Å². The summed E-state index contributed by atoms with van der Waals surface area (Å²) in [7, 11) is 2.07. The Kier molecular flexibility index (Phi) is 4.48.